The van der Waals surface area contributed by atoms with Crippen LogP contribution in [0.2, 0.25) is 10.0 Å². The number of nitrogens with one attached hydrogen (secondary N) is 1. The summed E-state index contributed by atoms with van der Waals surface area (Å²) in [5, 5.41) is 14.4. The third kappa shape index (κ3) is 5.60. The van der Waals surface area contributed by atoms with Crippen LogP contribution in [0.4, 0.5) is 0 Å². The van der Waals surface area contributed by atoms with Crippen LogP contribution in [0, 0.1) is 5.92 Å². The maximum Gasteiger partial charge on any atom is 0.139 e. The molecule has 0 radical (unpaired) electrons. The topological polar surface area (TPSA) is 50.7 Å². The lowest BCUT2D eigenvalue weighted by Crippen LogP contribution is -2.41. The lowest BCUT2D eigenvalue weighted by molar-refractivity contribution is 0.0513. The van der Waals surface area contributed by atoms with Gasteiger partial charge < -0.3 is 19.9 Å². The van der Waals surface area contributed by atoms with Crippen LogP contribution < -0.4 is 10.1 Å². The minimum absolute atomic E-state index is 0.174. The van der Waals surface area contributed by atoms with Crippen molar-refractivity contribution in [2.24, 2.45) is 5.92 Å². The van der Waals surface area contributed by atoms with Crippen molar-refractivity contribution in [3.8, 4) is 5.75 Å². The predicted molar refractivity (Wildman–Crippen MR) is 89.0 cm³/mol. The number of ether oxygens (including phenoxy) is 2. The van der Waals surface area contributed by atoms with E-state index in [4.69, 9.17) is 32.7 Å². The molecule has 2 rings (SSSR count). The van der Waals surface area contributed by atoms with E-state index in [9.17, 15) is 5.11 Å². The minimum atomic E-state index is -0.600. The van der Waals surface area contributed by atoms with Gasteiger partial charge in [-0.3, -0.25) is 0 Å². The van der Waals surface area contributed by atoms with Crippen molar-refractivity contribution in [1.82, 2.24) is 5.32 Å². The fourth-order valence-corrected chi connectivity index (χ4v) is 2.87. The Morgan fingerprint density at radius 2 is 2.09 bits per heavy atom. The first-order valence-corrected chi connectivity index (χ1v) is 8.39. The molecular formula is C16H23Cl2NO3. The molecule has 22 heavy (non-hydrogen) atoms. The zero-order valence-corrected chi connectivity index (χ0v) is 14.2. The third-order valence-corrected chi connectivity index (χ3v) is 4.52. The molecule has 0 spiro atoms. The second-order valence-electron chi connectivity index (χ2n) is 5.69. The Bertz CT molecular complexity index is 467. The van der Waals surface area contributed by atoms with Gasteiger partial charge in [-0.15, -0.1) is 0 Å². The highest BCUT2D eigenvalue weighted by atomic mass is 35.5. The van der Waals surface area contributed by atoms with Crippen LogP contribution in [0.25, 0.3) is 0 Å². The summed E-state index contributed by atoms with van der Waals surface area (Å²) >= 11 is 11.9. The monoisotopic (exact) mass is 347 g/mol. The molecule has 0 saturated carbocycles. The molecule has 2 unspecified atom stereocenters. The molecule has 1 fully saturated rings. The molecule has 1 aromatic carbocycles. The van der Waals surface area contributed by atoms with Gasteiger partial charge in [-0.1, -0.05) is 23.2 Å². The molecule has 2 N–H and O–H groups in total. The number of hydrogen-bond donors (Lipinski definition) is 2. The zero-order valence-electron chi connectivity index (χ0n) is 12.7. The average Bonchev–Trinajstić information content (AvgIpc) is 2.54. The summed E-state index contributed by atoms with van der Waals surface area (Å²) in [7, 11) is 0. The fourth-order valence-electron chi connectivity index (χ4n) is 2.54. The largest absolute Gasteiger partial charge is 0.489 e. The van der Waals surface area contributed by atoms with Crippen molar-refractivity contribution < 1.29 is 14.6 Å². The van der Waals surface area contributed by atoms with E-state index >= 15 is 0 Å². The molecular weight excluding hydrogens is 325 g/mol. The van der Waals surface area contributed by atoms with Gasteiger partial charge in [0.15, 0.2) is 0 Å². The number of aliphatic hydroxyl groups is 1. The number of rotatable bonds is 7. The number of aliphatic hydroxyl groups excluding tert-OH is 1. The van der Waals surface area contributed by atoms with Crippen molar-refractivity contribution in [3.05, 3.63) is 28.2 Å². The van der Waals surface area contributed by atoms with Gasteiger partial charge in [-0.2, -0.15) is 0 Å². The van der Waals surface area contributed by atoms with Crippen molar-refractivity contribution in [1.29, 1.82) is 0 Å². The Hall–Kier alpha value is -0.520. The van der Waals surface area contributed by atoms with Crippen molar-refractivity contribution >= 4 is 23.2 Å². The van der Waals surface area contributed by atoms with Crippen molar-refractivity contribution in [2.45, 2.75) is 31.9 Å². The molecule has 1 aliphatic heterocycles. The van der Waals surface area contributed by atoms with Crippen LogP contribution in [-0.4, -0.2) is 43.6 Å². The summed E-state index contributed by atoms with van der Waals surface area (Å²) < 4.78 is 10.9. The van der Waals surface area contributed by atoms with Crippen LogP contribution >= 0.6 is 23.2 Å². The summed E-state index contributed by atoms with van der Waals surface area (Å²) in [5.74, 6) is 1.09. The molecule has 0 amide bonds. The quantitative estimate of drug-likeness (QED) is 0.795. The van der Waals surface area contributed by atoms with Gasteiger partial charge in [0.1, 0.15) is 18.5 Å². The normalized spacial score (nSPS) is 18.9. The highest BCUT2D eigenvalue weighted by Crippen LogP contribution is 2.27. The van der Waals surface area contributed by atoms with Crippen LogP contribution in [0.15, 0.2) is 18.2 Å². The standard InChI is InChI=1S/C16H23Cl2NO3/c1-11(12-4-6-21-7-5-12)19-9-14(20)10-22-16-8-13(17)2-3-15(16)18/h2-3,8,11-12,14,19-20H,4-7,9-10H2,1H3. The summed E-state index contributed by atoms with van der Waals surface area (Å²) in [5.41, 5.74) is 0. The SMILES string of the molecule is CC(NCC(O)COc1cc(Cl)ccc1Cl)C1CCOCC1. The van der Waals surface area contributed by atoms with Crippen LogP contribution in [0.5, 0.6) is 5.75 Å². The highest BCUT2D eigenvalue weighted by Gasteiger charge is 2.20. The fraction of sp³-hybridized carbons (Fsp3) is 0.625. The Morgan fingerprint density at radius 3 is 2.82 bits per heavy atom. The van der Waals surface area contributed by atoms with E-state index in [2.05, 4.69) is 12.2 Å². The van der Waals surface area contributed by atoms with Crippen LogP contribution in [0.3, 0.4) is 0 Å². The number of halogens is 2. The molecule has 1 saturated heterocycles. The van der Waals surface area contributed by atoms with Gasteiger partial charge in [-0.05, 0) is 37.8 Å². The van der Waals surface area contributed by atoms with Crippen LogP contribution in [-0.2, 0) is 4.74 Å². The molecule has 6 heteroatoms. The summed E-state index contributed by atoms with van der Waals surface area (Å²) in [6.45, 7) is 4.47. The van der Waals surface area contributed by atoms with E-state index in [-0.39, 0.29) is 6.61 Å². The zero-order chi connectivity index (χ0) is 15.9. The first-order valence-electron chi connectivity index (χ1n) is 7.63. The average molecular weight is 348 g/mol. The van der Waals surface area contributed by atoms with E-state index in [1.807, 2.05) is 0 Å². The van der Waals surface area contributed by atoms with E-state index < -0.39 is 6.10 Å². The Labute approximate surface area is 141 Å². The smallest absolute Gasteiger partial charge is 0.139 e. The second kappa shape index (κ2) is 8.94. The summed E-state index contributed by atoms with van der Waals surface area (Å²) in [4.78, 5) is 0. The summed E-state index contributed by atoms with van der Waals surface area (Å²) in [6, 6.07) is 5.38. The van der Waals surface area contributed by atoms with Crippen molar-refractivity contribution in [3.63, 3.8) is 0 Å². The van der Waals surface area contributed by atoms with Gasteiger partial charge in [0.2, 0.25) is 0 Å². The molecule has 1 aromatic rings. The lowest BCUT2D eigenvalue weighted by atomic mass is 9.93. The maximum atomic E-state index is 10.0. The Balaban J connectivity index is 1.71. The molecule has 1 aliphatic rings. The molecule has 124 valence electrons. The minimum Gasteiger partial charge on any atom is -0.489 e. The van der Waals surface area contributed by atoms with Crippen LogP contribution in [0.1, 0.15) is 19.8 Å². The number of hydrogen-bond acceptors (Lipinski definition) is 4. The molecule has 0 aliphatic carbocycles. The molecule has 1 heterocycles. The molecule has 0 bridgehead atoms. The first-order chi connectivity index (χ1) is 10.6. The summed E-state index contributed by atoms with van der Waals surface area (Å²) in [6.07, 6.45) is 1.54. The Kier molecular flexibility index (Phi) is 7.25. The maximum absolute atomic E-state index is 10.0. The molecule has 0 aromatic heterocycles. The van der Waals surface area contributed by atoms with E-state index in [1.165, 1.54) is 0 Å². The van der Waals surface area contributed by atoms with Gasteiger partial charge in [0, 0.05) is 36.9 Å². The van der Waals surface area contributed by atoms with Gasteiger partial charge in [0.05, 0.1) is 5.02 Å². The highest BCUT2D eigenvalue weighted by molar-refractivity contribution is 6.34. The second-order valence-corrected chi connectivity index (χ2v) is 6.53. The number of benzene rings is 1. The third-order valence-electron chi connectivity index (χ3n) is 3.97. The first kappa shape index (κ1) is 17.8. The van der Waals surface area contributed by atoms with Crippen molar-refractivity contribution in [2.75, 3.05) is 26.4 Å². The van der Waals surface area contributed by atoms with E-state index in [0.29, 0.717) is 34.3 Å². The lowest BCUT2D eigenvalue weighted by Gasteiger charge is -2.29. The van der Waals surface area contributed by atoms with Gasteiger partial charge in [-0.25, -0.2) is 0 Å². The predicted octanol–water partition coefficient (Wildman–Crippen LogP) is 3.14. The molecule has 2 atom stereocenters. The van der Waals surface area contributed by atoms with Gasteiger partial charge >= 0.3 is 0 Å². The van der Waals surface area contributed by atoms with Gasteiger partial charge in [0.25, 0.3) is 0 Å². The Morgan fingerprint density at radius 1 is 1.36 bits per heavy atom. The van der Waals surface area contributed by atoms with E-state index in [0.717, 1.165) is 26.1 Å². The molecule has 4 nitrogen and oxygen atoms in total. The van der Waals surface area contributed by atoms with E-state index in [1.54, 1.807) is 18.2 Å².